The van der Waals surface area contributed by atoms with E-state index in [0.717, 1.165) is 12.8 Å². The quantitative estimate of drug-likeness (QED) is 0.760. The lowest BCUT2D eigenvalue weighted by Gasteiger charge is -2.27. The molecule has 0 bridgehead atoms. The molecule has 3 atom stereocenters. The van der Waals surface area contributed by atoms with E-state index in [2.05, 4.69) is 0 Å². The lowest BCUT2D eigenvalue weighted by atomic mass is 9.94. The van der Waals surface area contributed by atoms with Crippen molar-refractivity contribution in [1.82, 2.24) is 4.90 Å². The Bertz CT molecular complexity index is 394. The van der Waals surface area contributed by atoms with Crippen molar-refractivity contribution < 1.29 is 24.2 Å². The van der Waals surface area contributed by atoms with Crippen molar-refractivity contribution >= 4 is 17.8 Å². The molecule has 3 unspecified atom stereocenters. The average molecular weight is 269 g/mol. The number of aliphatic carboxylic acids is 1. The largest absolute Gasteiger partial charge is 0.481 e. The molecule has 6 heteroatoms. The highest BCUT2D eigenvalue weighted by Crippen LogP contribution is 2.35. The average Bonchev–Trinajstić information content (AvgIpc) is 3.05. The Morgan fingerprint density at radius 3 is 2.42 bits per heavy atom. The molecule has 1 amide bonds. The lowest BCUT2D eigenvalue weighted by molar-refractivity contribution is -0.155. The molecule has 1 saturated heterocycles. The first-order chi connectivity index (χ1) is 9.06. The highest BCUT2D eigenvalue weighted by atomic mass is 16.5. The summed E-state index contributed by atoms with van der Waals surface area (Å²) in [5, 5.41) is 9.13. The van der Waals surface area contributed by atoms with Crippen LogP contribution >= 0.6 is 0 Å². The number of hydrogen-bond acceptors (Lipinski definition) is 4. The Balaban J connectivity index is 2.10. The number of carboxylic acid groups (broad SMARTS) is 1. The lowest BCUT2D eigenvalue weighted by Crippen LogP contribution is -2.45. The second-order valence-corrected chi connectivity index (χ2v) is 5.19. The molecule has 0 aromatic carbocycles. The van der Waals surface area contributed by atoms with Gasteiger partial charge in [0.1, 0.15) is 6.04 Å². The van der Waals surface area contributed by atoms with Gasteiger partial charge in [0.05, 0.1) is 18.9 Å². The van der Waals surface area contributed by atoms with Crippen molar-refractivity contribution in [1.29, 1.82) is 0 Å². The Morgan fingerprint density at radius 2 is 1.79 bits per heavy atom. The van der Waals surface area contributed by atoms with E-state index in [1.54, 1.807) is 0 Å². The summed E-state index contributed by atoms with van der Waals surface area (Å²) in [7, 11) is 1.30. The van der Waals surface area contributed by atoms with Gasteiger partial charge in [-0.3, -0.25) is 9.59 Å². The van der Waals surface area contributed by atoms with Crippen molar-refractivity contribution in [3.63, 3.8) is 0 Å². The minimum Gasteiger partial charge on any atom is -0.481 e. The van der Waals surface area contributed by atoms with E-state index in [1.165, 1.54) is 12.0 Å². The highest BCUT2D eigenvalue weighted by Gasteiger charge is 2.44. The Labute approximate surface area is 111 Å². The zero-order valence-electron chi connectivity index (χ0n) is 11.0. The third-order valence-corrected chi connectivity index (χ3v) is 4.16. The number of likely N-dealkylation sites (tertiary alicyclic amines) is 1. The molecule has 106 valence electrons. The van der Waals surface area contributed by atoms with Crippen molar-refractivity contribution in [3.05, 3.63) is 0 Å². The van der Waals surface area contributed by atoms with Crippen molar-refractivity contribution in [2.75, 3.05) is 13.7 Å². The van der Waals surface area contributed by atoms with Gasteiger partial charge in [0.25, 0.3) is 0 Å². The Morgan fingerprint density at radius 1 is 1.11 bits per heavy atom. The van der Waals surface area contributed by atoms with Gasteiger partial charge in [0, 0.05) is 6.54 Å². The third-order valence-electron chi connectivity index (χ3n) is 4.16. The molecule has 2 fully saturated rings. The van der Waals surface area contributed by atoms with Crippen LogP contribution in [0.5, 0.6) is 0 Å². The van der Waals surface area contributed by atoms with Gasteiger partial charge in [0.15, 0.2) is 0 Å². The van der Waals surface area contributed by atoms with Gasteiger partial charge in [-0.05, 0) is 25.7 Å². The van der Waals surface area contributed by atoms with Crippen LogP contribution in [0.3, 0.4) is 0 Å². The SMILES string of the molecule is COC(=O)C1CCCN1C(=O)C1CCCC1C(=O)O. The van der Waals surface area contributed by atoms with Crippen molar-refractivity contribution in [2.45, 2.75) is 38.1 Å². The minimum atomic E-state index is -0.912. The van der Waals surface area contributed by atoms with Crippen LogP contribution in [0.15, 0.2) is 0 Å². The first kappa shape index (κ1) is 13.8. The molecule has 2 aliphatic rings. The van der Waals surface area contributed by atoms with Gasteiger partial charge < -0.3 is 14.7 Å². The number of esters is 1. The van der Waals surface area contributed by atoms with Crippen LogP contribution in [0.1, 0.15) is 32.1 Å². The number of methoxy groups -OCH3 is 1. The summed E-state index contributed by atoms with van der Waals surface area (Å²) in [6, 6.07) is -0.535. The van der Waals surface area contributed by atoms with Crippen LogP contribution in [0.25, 0.3) is 0 Å². The highest BCUT2D eigenvalue weighted by molar-refractivity contribution is 5.89. The van der Waals surface area contributed by atoms with Crippen LogP contribution in [0.4, 0.5) is 0 Å². The zero-order valence-corrected chi connectivity index (χ0v) is 11.0. The molecular formula is C13H19NO5. The second-order valence-electron chi connectivity index (χ2n) is 5.19. The van der Waals surface area contributed by atoms with E-state index in [0.29, 0.717) is 25.8 Å². The van der Waals surface area contributed by atoms with E-state index in [4.69, 9.17) is 9.84 Å². The van der Waals surface area contributed by atoms with E-state index < -0.39 is 29.8 Å². The summed E-state index contributed by atoms with van der Waals surface area (Å²) in [5.41, 5.74) is 0. The van der Waals surface area contributed by atoms with Crippen LogP contribution in [-0.4, -0.2) is 47.5 Å². The molecule has 6 nitrogen and oxygen atoms in total. The number of nitrogens with zero attached hydrogens (tertiary/aromatic N) is 1. The molecule has 1 N–H and O–H groups in total. The van der Waals surface area contributed by atoms with Crippen LogP contribution in [0.2, 0.25) is 0 Å². The smallest absolute Gasteiger partial charge is 0.328 e. The number of rotatable bonds is 3. The molecule has 2 rings (SSSR count). The first-order valence-electron chi connectivity index (χ1n) is 6.67. The maximum absolute atomic E-state index is 12.4. The predicted molar refractivity (Wildman–Crippen MR) is 65.2 cm³/mol. The van der Waals surface area contributed by atoms with E-state index in [1.807, 2.05) is 0 Å². The van der Waals surface area contributed by atoms with Crippen LogP contribution < -0.4 is 0 Å². The Kier molecular flexibility index (Phi) is 4.07. The van der Waals surface area contributed by atoms with Gasteiger partial charge in [-0.2, -0.15) is 0 Å². The topological polar surface area (TPSA) is 83.9 Å². The van der Waals surface area contributed by atoms with E-state index in [-0.39, 0.29) is 5.91 Å². The zero-order chi connectivity index (χ0) is 14.0. The fraction of sp³-hybridized carbons (Fsp3) is 0.769. The predicted octanol–water partition coefficient (Wildman–Crippen LogP) is 0.651. The molecule has 1 aliphatic carbocycles. The van der Waals surface area contributed by atoms with E-state index in [9.17, 15) is 14.4 Å². The number of carbonyl (C=O) groups is 3. The summed E-state index contributed by atoms with van der Waals surface area (Å²) >= 11 is 0. The van der Waals surface area contributed by atoms with Crippen molar-refractivity contribution in [2.24, 2.45) is 11.8 Å². The minimum absolute atomic E-state index is 0.196. The number of carbonyl (C=O) groups excluding carboxylic acids is 2. The summed E-state index contributed by atoms with van der Waals surface area (Å²) in [6.45, 7) is 0.515. The summed E-state index contributed by atoms with van der Waals surface area (Å²) in [6.07, 6.45) is 3.26. The molecule has 0 radical (unpaired) electrons. The second kappa shape index (κ2) is 5.59. The summed E-state index contributed by atoms with van der Waals surface area (Å²) in [4.78, 5) is 36.7. The number of carboxylic acids is 1. The van der Waals surface area contributed by atoms with Gasteiger partial charge in [-0.25, -0.2) is 4.79 Å². The fourth-order valence-electron chi connectivity index (χ4n) is 3.18. The molecular weight excluding hydrogens is 250 g/mol. The van der Waals surface area contributed by atoms with Crippen LogP contribution in [0, 0.1) is 11.8 Å². The fourth-order valence-corrected chi connectivity index (χ4v) is 3.18. The van der Waals surface area contributed by atoms with Crippen LogP contribution in [-0.2, 0) is 19.1 Å². The molecule has 0 aromatic heterocycles. The molecule has 1 heterocycles. The number of hydrogen-bond donors (Lipinski definition) is 1. The molecule has 1 aliphatic heterocycles. The van der Waals surface area contributed by atoms with Gasteiger partial charge >= 0.3 is 11.9 Å². The normalized spacial score (nSPS) is 30.4. The maximum Gasteiger partial charge on any atom is 0.328 e. The van der Waals surface area contributed by atoms with Gasteiger partial charge in [-0.15, -0.1) is 0 Å². The summed E-state index contributed by atoms with van der Waals surface area (Å²) in [5.74, 6) is -2.60. The maximum atomic E-state index is 12.4. The van der Waals surface area contributed by atoms with Crippen molar-refractivity contribution in [3.8, 4) is 0 Å². The molecule has 19 heavy (non-hydrogen) atoms. The number of ether oxygens (including phenoxy) is 1. The van der Waals surface area contributed by atoms with E-state index >= 15 is 0 Å². The third kappa shape index (κ3) is 2.57. The number of amides is 1. The standard InChI is InChI=1S/C13H19NO5/c1-19-13(18)10-6-3-7-14(10)11(15)8-4-2-5-9(8)12(16)17/h8-10H,2-7H2,1H3,(H,16,17). The molecule has 1 saturated carbocycles. The monoisotopic (exact) mass is 269 g/mol. The molecule has 0 aromatic rings. The Hall–Kier alpha value is -1.59. The molecule has 0 spiro atoms. The van der Waals surface area contributed by atoms with Gasteiger partial charge in [0.2, 0.25) is 5.91 Å². The first-order valence-corrected chi connectivity index (χ1v) is 6.67. The summed E-state index contributed by atoms with van der Waals surface area (Å²) < 4.78 is 4.70. The van der Waals surface area contributed by atoms with Gasteiger partial charge in [-0.1, -0.05) is 6.42 Å².